The highest BCUT2D eigenvalue weighted by Gasteiger charge is 2.03. The van der Waals surface area contributed by atoms with Crippen LogP contribution in [0, 0.1) is 0 Å². The van der Waals surface area contributed by atoms with E-state index in [9.17, 15) is 5.11 Å². The second kappa shape index (κ2) is 3.37. The minimum atomic E-state index is -0.167. The molecule has 0 aromatic heterocycles. The molecule has 0 bridgehead atoms. The molecule has 0 amide bonds. The predicted octanol–water partition coefficient (Wildman–Crippen LogP) is 0.343. The molecule has 0 fully saturated rings. The molecule has 0 spiro atoms. The lowest BCUT2D eigenvalue weighted by Crippen LogP contribution is -2.01. The average Bonchev–Trinajstić information content (AvgIpc) is 2.04. The zero-order chi connectivity index (χ0) is 8.27. The standard InChI is InChI=1S/C8H11NO2/c9-4-6-2-1-3-8(11)7(6)5-10/h1-3,10-11H,4-5,9H2. The Kier molecular flexibility index (Phi) is 2.46. The van der Waals surface area contributed by atoms with Crippen LogP contribution >= 0.6 is 0 Å². The molecule has 0 atom stereocenters. The summed E-state index contributed by atoms with van der Waals surface area (Å²) < 4.78 is 0. The largest absolute Gasteiger partial charge is 0.508 e. The molecule has 4 N–H and O–H groups in total. The van der Waals surface area contributed by atoms with Gasteiger partial charge in [-0.2, -0.15) is 0 Å². The third kappa shape index (κ3) is 1.50. The molecule has 1 rings (SSSR count). The van der Waals surface area contributed by atoms with Crippen molar-refractivity contribution < 1.29 is 10.2 Å². The normalized spacial score (nSPS) is 10.0. The van der Waals surface area contributed by atoms with Crippen molar-refractivity contribution in [1.82, 2.24) is 0 Å². The third-order valence-corrected chi connectivity index (χ3v) is 1.63. The van der Waals surface area contributed by atoms with Gasteiger partial charge in [-0.1, -0.05) is 12.1 Å². The molecule has 0 aliphatic carbocycles. The summed E-state index contributed by atoms with van der Waals surface area (Å²) in [5.41, 5.74) is 6.68. The van der Waals surface area contributed by atoms with E-state index >= 15 is 0 Å². The van der Waals surface area contributed by atoms with Gasteiger partial charge < -0.3 is 15.9 Å². The first-order chi connectivity index (χ1) is 5.29. The Hall–Kier alpha value is -1.06. The Morgan fingerprint density at radius 2 is 2.09 bits per heavy atom. The molecule has 0 heterocycles. The first kappa shape index (κ1) is 8.04. The minimum absolute atomic E-state index is 0.107. The first-order valence-electron chi connectivity index (χ1n) is 3.40. The Labute approximate surface area is 65.1 Å². The highest BCUT2D eigenvalue weighted by Crippen LogP contribution is 2.19. The number of rotatable bonds is 2. The van der Waals surface area contributed by atoms with Crippen LogP contribution in [0.5, 0.6) is 5.75 Å². The smallest absolute Gasteiger partial charge is 0.121 e. The van der Waals surface area contributed by atoms with Crippen molar-refractivity contribution in [1.29, 1.82) is 0 Å². The number of aliphatic hydroxyl groups is 1. The molecule has 3 nitrogen and oxygen atoms in total. The first-order valence-corrected chi connectivity index (χ1v) is 3.40. The fourth-order valence-corrected chi connectivity index (χ4v) is 0.995. The zero-order valence-electron chi connectivity index (χ0n) is 6.12. The third-order valence-electron chi connectivity index (χ3n) is 1.63. The molecule has 3 heteroatoms. The van der Waals surface area contributed by atoms with Crippen LogP contribution in [0.15, 0.2) is 18.2 Å². The highest BCUT2D eigenvalue weighted by atomic mass is 16.3. The molecule has 0 radical (unpaired) electrons. The maximum atomic E-state index is 9.21. The van der Waals surface area contributed by atoms with Crippen LogP contribution in [0.2, 0.25) is 0 Å². The zero-order valence-corrected chi connectivity index (χ0v) is 6.12. The van der Waals surface area contributed by atoms with Gasteiger partial charge in [0.15, 0.2) is 0 Å². The van der Waals surface area contributed by atoms with E-state index in [4.69, 9.17) is 10.8 Å². The van der Waals surface area contributed by atoms with Gasteiger partial charge in [0.1, 0.15) is 5.75 Å². The molecule has 0 saturated carbocycles. The summed E-state index contributed by atoms with van der Waals surface area (Å²) in [7, 11) is 0. The molecule has 11 heavy (non-hydrogen) atoms. The quantitative estimate of drug-likeness (QED) is 0.574. The molecule has 0 unspecified atom stereocenters. The number of aliphatic hydroxyl groups excluding tert-OH is 1. The summed E-state index contributed by atoms with van der Waals surface area (Å²) in [5, 5.41) is 18.0. The molecule has 1 aromatic carbocycles. The predicted molar refractivity (Wildman–Crippen MR) is 41.9 cm³/mol. The SMILES string of the molecule is NCc1cccc(O)c1CO. The summed E-state index contributed by atoms with van der Waals surface area (Å²) in [4.78, 5) is 0. The summed E-state index contributed by atoms with van der Waals surface area (Å²) in [6.07, 6.45) is 0. The van der Waals surface area contributed by atoms with E-state index in [0.29, 0.717) is 12.1 Å². The Bertz CT molecular complexity index is 248. The monoisotopic (exact) mass is 153 g/mol. The van der Waals surface area contributed by atoms with Crippen LogP contribution in [-0.4, -0.2) is 10.2 Å². The molecule has 1 aromatic rings. The molecule has 0 saturated heterocycles. The number of nitrogens with two attached hydrogens (primary N) is 1. The highest BCUT2D eigenvalue weighted by molar-refractivity contribution is 5.38. The van der Waals surface area contributed by atoms with Crippen molar-refractivity contribution in [2.45, 2.75) is 13.2 Å². The number of hydrogen-bond acceptors (Lipinski definition) is 3. The van der Waals surface area contributed by atoms with Gasteiger partial charge in [0, 0.05) is 12.1 Å². The second-order valence-electron chi connectivity index (χ2n) is 2.28. The molecular formula is C8H11NO2. The van der Waals surface area contributed by atoms with Crippen LogP contribution in [-0.2, 0) is 13.2 Å². The van der Waals surface area contributed by atoms with Crippen molar-refractivity contribution in [3.8, 4) is 5.75 Å². The summed E-state index contributed by atoms with van der Waals surface area (Å²) >= 11 is 0. The topological polar surface area (TPSA) is 66.5 Å². The minimum Gasteiger partial charge on any atom is -0.508 e. The lowest BCUT2D eigenvalue weighted by Gasteiger charge is -2.05. The van der Waals surface area contributed by atoms with E-state index in [2.05, 4.69) is 0 Å². The Morgan fingerprint density at radius 1 is 1.36 bits per heavy atom. The van der Waals surface area contributed by atoms with E-state index in [1.807, 2.05) is 0 Å². The van der Waals surface area contributed by atoms with Crippen LogP contribution in [0.4, 0.5) is 0 Å². The van der Waals surface area contributed by atoms with E-state index in [1.54, 1.807) is 12.1 Å². The molecule has 60 valence electrons. The fourth-order valence-electron chi connectivity index (χ4n) is 0.995. The van der Waals surface area contributed by atoms with E-state index in [1.165, 1.54) is 6.07 Å². The van der Waals surface area contributed by atoms with Gasteiger partial charge in [-0.25, -0.2) is 0 Å². The lowest BCUT2D eigenvalue weighted by atomic mass is 10.1. The molecule has 0 aliphatic heterocycles. The van der Waals surface area contributed by atoms with Crippen molar-refractivity contribution in [3.63, 3.8) is 0 Å². The molecular weight excluding hydrogens is 142 g/mol. The van der Waals surface area contributed by atoms with Gasteiger partial charge in [-0.15, -0.1) is 0 Å². The second-order valence-corrected chi connectivity index (χ2v) is 2.28. The number of benzene rings is 1. The van der Waals surface area contributed by atoms with Crippen molar-refractivity contribution in [2.24, 2.45) is 5.73 Å². The Morgan fingerprint density at radius 3 is 2.55 bits per heavy atom. The van der Waals surface area contributed by atoms with Gasteiger partial charge in [-0.3, -0.25) is 0 Å². The van der Waals surface area contributed by atoms with Gasteiger partial charge >= 0.3 is 0 Å². The number of hydrogen-bond donors (Lipinski definition) is 3. The maximum absolute atomic E-state index is 9.21. The van der Waals surface area contributed by atoms with Crippen molar-refractivity contribution in [2.75, 3.05) is 0 Å². The van der Waals surface area contributed by atoms with Crippen LogP contribution < -0.4 is 5.73 Å². The van der Waals surface area contributed by atoms with E-state index in [-0.39, 0.29) is 12.4 Å². The van der Waals surface area contributed by atoms with Crippen LogP contribution in [0.3, 0.4) is 0 Å². The number of phenols is 1. The lowest BCUT2D eigenvalue weighted by molar-refractivity contribution is 0.274. The van der Waals surface area contributed by atoms with Gasteiger partial charge in [-0.05, 0) is 11.6 Å². The van der Waals surface area contributed by atoms with Crippen molar-refractivity contribution in [3.05, 3.63) is 29.3 Å². The van der Waals surface area contributed by atoms with Gasteiger partial charge in [0.25, 0.3) is 0 Å². The van der Waals surface area contributed by atoms with Gasteiger partial charge in [0.2, 0.25) is 0 Å². The van der Waals surface area contributed by atoms with Crippen LogP contribution in [0.1, 0.15) is 11.1 Å². The van der Waals surface area contributed by atoms with Gasteiger partial charge in [0.05, 0.1) is 6.61 Å². The average molecular weight is 153 g/mol. The fraction of sp³-hybridized carbons (Fsp3) is 0.250. The van der Waals surface area contributed by atoms with E-state index in [0.717, 1.165) is 5.56 Å². The number of aromatic hydroxyl groups is 1. The van der Waals surface area contributed by atoms with Crippen molar-refractivity contribution >= 4 is 0 Å². The maximum Gasteiger partial charge on any atom is 0.121 e. The molecule has 0 aliphatic rings. The summed E-state index contributed by atoms with van der Waals surface area (Å²) in [6, 6.07) is 5.02. The summed E-state index contributed by atoms with van der Waals surface area (Å²) in [6.45, 7) is 0.170. The summed E-state index contributed by atoms with van der Waals surface area (Å²) in [5.74, 6) is 0.107. The van der Waals surface area contributed by atoms with E-state index < -0.39 is 0 Å². The Balaban J connectivity index is 3.13. The van der Waals surface area contributed by atoms with Crippen LogP contribution in [0.25, 0.3) is 0 Å².